The van der Waals surface area contributed by atoms with Crippen molar-refractivity contribution in [1.82, 2.24) is 4.90 Å². The number of ether oxygens (including phenoxy) is 2. The van der Waals surface area contributed by atoms with Gasteiger partial charge in [-0.2, -0.15) is 0 Å². The Balaban J connectivity index is 1.70. The van der Waals surface area contributed by atoms with Crippen molar-refractivity contribution in [2.75, 3.05) is 26.3 Å². The summed E-state index contributed by atoms with van der Waals surface area (Å²) in [5.41, 5.74) is 0.276. The number of rotatable bonds is 6. The topological polar surface area (TPSA) is 59.0 Å². The molecule has 0 aliphatic carbocycles. The van der Waals surface area contributed by atoms with Crippen LogP contribution >= 0.6 is 0 Å². The number of hydrogen-bond acceptors (Lipinski definition) is 4. The first-order chi connectivity index (χ1) is 10.1. The highest BCUT2D eigenvalue weighted by Gasteiger charge is 2.22. The standard InChI is InChI=1S/C16H23NO4/c1-12-11-21-13(2)10-17(12)8-3-9-20-15-6-4-14(5-7-15)16(18)19/h4-7,12-13H,3,8-11H2,1-2H3,(H,18,19). The Labute approximate surface area is 125 Å². The van der Waals surface area contributed by atoms with Crippen LogP contribution in [0.15, 0.2) is 24.3 Å². The fourth-order valence-corrected chi connectivity index (χ4v) is 2.43. The SMILES string of the molecule is CC1CN(CCCOc2ccc(C(=O)O)cc2)C(C)CO1. The Hall–Kier alpha value is -1.59. The van der Waals surface area contributed by atoms with Crippen LogP contribution in [-0.4, -0.2) is 54.4 Å². The monoisotopic (exact) mass is 293 g/mol. The molecule has 0 aromatic heterocycles. The van der Waals surface area contributed by atoms with E-state index < -0.39 is 5.97 Å². The predicted molar refractivity (Wildman–Crippen MR) is 80.0 cm³/mol. The maximum Gasteiger partial charge on any atom is 0.335 e. The fraction of sp³-hybridized carbons (Fsp3) is 0.562. The second kappa shape index (κ2) is 7.43. The molecule has 0 spiro atoms. The van der Waals surface area contributed by atoms with E-state index in [4.69, 9.17) is 14.6 Å². The van der Waals surface area contributed by atoms with Gasteiger partial charge in [-0.1, -0.05) is 0 Å². The molecule has 1 saturated heterocycles. The lowest BCUT2D eigenvalue weighted by Gasteiger charge is -2.36. The molecule has 1 aromatic rings. The zero-order chi connectivity index (χ0) is 15.2. The van der Waals surface area contributed by atoms with Crippen LogP contribution in [0.3, 0.4) is 0 Å². The van der Waals surface area contributed by atoms with Gasteiger partial charge in [-0.05, 0) is 44.5 Å². The summed E-state index contributed by atoms with van der Waals surface area (Å²) < 4.78 is 11.2. The van der Waals surface area contributed by atoms with Crippen molar-refractivity contribution in [1.29, 1.82) is 0 Å². The normalized spacial score (nSPS) is 23.0. The molecule has 116 valence electrons. The summed E-state index contributed by atoms with van der Waals surface area (Å²) in [5, 5.41) is 8.82. The molecule has 2 rings (SSSR count). The average molecular weight is 293 g/mol. The van der Waals surface area contributed by atoms with E-state index in [2.05, 4.69) is 18.7 Å². The summed E-state index contributed by atoms with van der Waals surface area (Å²) >= 11 is 0. The molecule has 2 unspecified atom stereocenters. The van der Waals surface area contributed by atoms with Crippen LogP contribution in [0.4, 0.5) is 0 Å². The highest BCUT2D eigenvalue weighted by molar-refractivity contribution is 5.87. The third-order valence-corrected chi connectivity index (χ3v) is 3.70. The van der Waals surface area contributed by atoms with Crippen LogP contribution in [0.2, 0.25) is 0 Å². The quantitative estimate of drug-likeness (QED) is 0.815. The van der Waals surface area contributed by atoms with Crippen molar-refractivity contribution in [2.24, 2.45) is 0 Å². The Bertz CT molecular complexity index is 460. The molecule has 1 fully saturated rings. The van der Waals surface area contributed by atoms with E-state index >= 15 is 0 Å². The molecule has 0 amide bonds. The van der Waals surface area contributed by atoms with Crippen LogP contribution in [0.25, 0.3) is 0 Å². The van der Waals surface area contributed by atoms with Crippen molar-refractivity contribution in [3.8, 4) is 5.75 Å². The third-order valence-electron chi connectivity index (χ3n) is 3.70. The minimum absolute atomic E-state index is 0.276. The molecule has 5 heteroatoms. The number of carboxylic acid groups (broad SMARTS) is 1. The van der Waals surface area contributed by atoms with Crippen LogP contribution in [-0.2, 0) is 4.74 Å². The summed E-state index contributed by atoms with van der Waals surface area (Å²) in [5.74, 6) is -0.208. The van der Waals surface area contributed by atoms with Crippen LogP contribution in [0, 0.1) is 0 Å². The molecule has 21 heavy (non-hydrogen) atoms. The van der Waals surface area contributed by atoms with Crippen molar-refractivity contribution in [3.63, 3.8) is 0 Å². The molecule has 0 bridgehead atoms. The number of carbonyl (C=O) groups is 1. The highest BCUT2D eigenvalue weighted by atomic mass is 16.5. The van der Waals surface area contributed by atoms with E-state index in [1.165, 1.54) is 0 Å². The minimum atomic E-state index is -0.919. The summed E-state index contributed by atoms with van der Waals surface area (Å²) in [4.78, 5) is 13.2. The molecule has 0 saturated carbocycles. The number of hydrogen-bond donors (Lipinski definition) is 1. The van der Waals surface area contributed by atoms with Gasteiger partial charge in [0.2, 0.25) is 0 Å². The van der Waals surface area contributed by atoms with Gasteiger partial charge in [0, 0.05) is 19.1 Å². The van der Waals surface area contributed by atoms with Crippen LogP contribution < -0.4 is 4.74 Å². The number of aromatic carboxylic acids is 1. The van der Waals surface area contributed by atoms with Gasteiger partial charge in [0.05, 0.1) is 24.9 Å². The molecule has 0 radical (unpaired) electrons. The van der Waals surface area contributed by atoms with E-state index in [0.29, 0.717) is 24.5 Å². The fourth-order valence-electron chi connectivity index (χ4n) is 2.43. The van der Waals surface area contributed by atoms with Gasteiger partial charge in [0.15, 0.2) is 0 Å². The molecule has 1 aliphatic heterocycles. The Kier molecular flexibility index (Phi) is 5.59. The Morgan fingerprint density at radius 1 is 1.38 bits per heavy atom. The van der Waals surface area contributed by atoms with Gasteiger partial charge in [0.25, 0.3) is 0 Å². The van der Waals surface area contributed by atoms with Gasteiger partial charge >= 0.3 is 5.97 Å². The second-order valence-corrected chi connectivity index (χ2v) is 5.52. The van der Waals surface area contributed by atoms with Gasteiger partial charge < -0.3 is 14.6 Å². The summed E-state index contributed by atoms with van der Waals surface area (Å²) in [6.45, 7) is 7.65. The number of carboxylic acids is 1. The number of nitrogens with zero attached hydrogens (tertiary/aromatic N) is 1. The molecule has 1 N–H and O–H groups in total. The van der Waals surface area contributed by atoms with E-state index in [0.717, 1.165) is 26.1 Å². The molecule has 1 heterocycles. The maximum absolute atomic E-state index is 10.7. The van der Waals surface area contributed by atoms with Crippen molar-refractivity contribution in [3.05, 3.63) is 29.8 Å². The first-order valence-corrected chi connectivity index (χ1v) is 7.38. The van der Waals surface area contributed by atoms with Crippen molar-refractivity contribution < 1.29 is 19.4 Å². The first kappa shape index (κ1) is 15.8. The maximum atomic E-state index is 10.7. The van der Waals surface area contributed by atoms with Gasteiger partial charge in [-0.15, -0.1) is 0 Å². The lowest BCUT2D eigenvalue weighted by Crippen LogP contribution is -2.47. The van der Waals surface area contributed by atoms with E-state index in [9.17, 15) is 4.79 Å². The third kappa shape index (κ3) is 4.72. The Morgan fingerprint density at radius 2 is 2.10 bits per heavy atom. The average Bonchev–Trinajstić information content (AvgIpc) is 2.47. The smallest absolute Gasteiger partial charge is 0.335 e. The van der Waals surface area contributed by atoms with Gasteiger partial charge in [-0.3, -0.25) is 4.90 Å². The number of morpholine rings is 1. The largest absolute Gasteiger partial charge is 0.494 e. The highest BCUT2D eigenvalue weighted by Crippen LogP contribution is 2.14. The molecule has 1 aliphatic rings. The second-order valence-electron chi connectivity index (χ2n) is 5.52. The molecule has 5 nitrogen and oxygen atoms in total. The van der Waals surface area contributed by atoms with Crippen molar-refractivity contribution >= 4 is 5.97 Å². The molecular weight excluding hydrogens is 270 g/mol. The zero-order valence-corrected chi connectivity index (χ0v) is 12.6. The van der Waals surface area contributed by atoms with E-state index in [-0.39, 0.29) is 5.56 Å². The molecule has 1 aromatic carbocycles. The van der Waals surface area contributed by atoms with E-state index in [1.807, 2.05) is 0 Å². The summed E-state index contributed by atoms with van der Waals surface area (Å²) in [6.07, 6.45) is 1.24. The molecular formula is C16H23NO4. The van der Waals surface area contributed by atoms with Gasteiger partial charge in [-0.25, -0.2) is 4.79 Å². The van der Waals surface area contributed by atoms with E-state index in [1.54, 1.807) is 24.3 Å². The number of benzene rings is 1. The first-order valence-electron chi connectivity index (χ1n) is 7.38. The Morgan fingerprint density at radius 3 is 2.76 bits per heavy atom. The van der Waals surface area contributed by atoms with Gasteiger partial charge in [0.1, 0.15) is 5.75 Å². The van der Waals surface area contributed by atoms with Crippen molar-refractivity contribution in [2.45, 2.75) is 32.4 Å². The minimum Gasteiger partial charge on any atom is -0.494 e. The lowest BCUT2D eigenvalue weighted by molar-refractivity contribution is -0.0502. The zero-order valence-electron chi connectivity index (χ0n) is 12.6. The summed E-state index contributed by atoms with van der Waals surface area (Å²) in [7, 11) is 0. The molecule has 2 atom stereocenters. The summed E-state index contributed by atoms with van der Waals surface area (Å²) in [6, 6.07) is 6.97. The van der Waals surface area contributed by atoms with Crippen LogP contribution in [0.5, 0.6) is 5.75 Å². The predicted octanol–water partition coefficient (Wildman–Crippen LogP) is 2.26. The van der Waals surface area contributed by atoms with Crippen LogP contribution in [0.1, 0.15) is 30.6 Å². The lowest BCUT2D eigenvalue weighted by atomic mass is 10.2.